The normalized spacial score (nSPS) is 24.6. The summed E-state index contributed by atoms with van der Waals surface area (Å²) in [7, 11) is 0. The molecule has 0 radical (unpaired) electrons. The molecule has 0 saturated carbocycles. The zero-order valence-electron chi connectivity index (χ0n) is 12.2. The van der Waals surface area contributed by atoms with Crippen molar-refractivity contribution < 1.29 is 4.74 Å². The van der Waals surface area contributed by atoms with Crippen LogP contribution >= 0.6 is 0 Å². The second kappa shape index (κ2) is 4.77. The lowest BCUT2D eigenvalue weighted by Gasteiger charge is -2.41. The first kappa shape index (κ1) is 12.7. The number of aryl methyl sites for hydroxylation is 1. The van der Waals surface area contributed by atoms with Crippen molar-refractivity contribution in [3.05, 3.63) is 29.5 Å². The highest BCUT2D eigenvalue weighted by atomic mass is 16.5. The van der Waals surface area contributed by atoms with Gasteiger partial charge in [0.1, 0.15) is 12.1 Å². The molecule has 0 spiro atoms. The highest BCUT2D eigenvalue weighted by Crippen LogP contribution is 2.32. The van der Waals surface area contributed by atoms with Gasteiger partial charge in [0.15, 0.2) is 0 Å². The van der Waals surface area contributed by atoms with Crippen LogP contribution in [0, 0.1) is 13.8 Å². The lowest BCUT2D eigenvalue weighted by atomic mass is 10.00. The van der Waals surface area contributed by atoms with Crippen molar-refractivity contribution in [3.63, 3.8) is 0 Å². The topological polar surface area (TPSA) is 69.0 Å². The van der Waals surface area contributed by atoms with E-state index in [9.17, 15) is 0 Å². The minimum absolute atomic E-state index is 0.208. The van der Waals surface area contributed by atoms with Crippen molar-refractivity contribution in [1.82, 2.24) is 25.0 Å². The Hall–Kier alpha value is -2.02. The van der Waals surface area contributed by atoms with Crippen LogP contribution < -0.4 is 4.90 Å². The van der Waals surface area contributed by atoms with Crippen LogP contribution in [0.2, 0.25) is 0 Å². The van der Waals surface area contributed by atoms with E-state index in [-0.39, 0.29) is 12.1 Å². The first-order valence-electron chi connectivity index (χ1n) is 7.28. The van der Waals surface area contributed by atoms with Gasteiger partial charge in [-0.3, -0.25) is 0 Å². The number of hydrogen-bond acceptors (Lipinski definition) is 6. The molecule has 1 fully saturated rings. The highest BCUT2D eigenvalue weighted by Gasteiger charge is 2.37. The third-order valence-corrected chi connectivity index (χ3v) is 4.54. The molecule has 0 unspecified atom stereocenters. The van der Waals surface area contributed by atoms with Gasteiger partial charge >= 0.3 is 0 Å². The quantitative estimate of drug-likeness (QED) is 0.780. The van der Waals surface area contributed by atoms with Crippen LogP contribution in [0.3, 0.4) is 0 Å². The lowest BCUT2D eigenvalue weighted by Crippen LogP contribution is -2.48. The fraction of sp³-hybridized carbons (Fsp3) is 0.571. The summed E-state index contributed by atoms with van der Waals surface area (Å²) in [4.78, 5) is 11.0. The summed E-state index contributed by atoms with van der Waals surface area (Å²) in [6, 6.07) is 0.208. The predicted octanol–water partition coefficient (Wildman–Crippen LogP) is 1.04. The molecule has 0 amide bonds. The zero-order valence-corrected chi connectivity index (χ0v) is 12.2. The van der Waals surface area contributed by atoms with Gasteiger partial charge in [0, 0.05) is 24.3 Å². The van der Waals surface area contributed by atoms with Gasteiger partial charge < -0.3 is 9.64 Å². The first-order chi connectivity index (χ1) is 10.2. The van der Waals surface area contributed by atoms with Crippen LogP contribution in [-0.2, 0) is 11.3 Å². The molecule has 0 N–H and O–H groups in total. The Kier molecular flexibility index (Phi) is 2.88. The maximum absolute atomic E-state index is 5.94. The van der Waals surface area contributed by atoms with E-state index in [1.807, 2.05) is 11.6 Å². The SMILES string of the molecule is Cc1ncnc(N2CC[C@H]3OCc4cnnn4[C@@H]3C2)c1C. The molecule has 21 heavy (non-hydrogen) atoms. The number of nitrogens with zero attached hydrogens (tertiary/aromatic N) is 6. The Bertz CT molecular complexity index is 669. The molecule has 2 aromatic rings. The molecule has 0 aliphatic carbocycles. The van der Waals surface area contributed by atoms with Crippen LogP contribution in [0.25, 0.3) is 0 Å². The average molecular weight is 286 g/mol. The van der Waals surface area contributed by atoms with Crippen LogP contribution in [0.5, 0.6) is 0 Å². The second-order valence-electron chi connectivity index (χ2n) is 5.73. The zero-order chi connectivity index (χ0) is 14.4. The Morgan fingerprint density at radius 1 is 1.29 bits per heavy atom. The van der Waals surface area contributed by atoms with E-state index in [1.165, 1.54) is 0 Å². The van der Waals surface area contributed by atoms with Gasteiger partial charge in [0.2, 0.25) is 0 Å². The summed E-state index contributed by atoms with van der Waals surface area (Å²) in [5.41, 5.74) is 3.23. The Morgan fingerprint density at radius 2 is 2.19 bits per heavy atom. The Labute approximate surface area is 123 Å². The molecule has 2 aromatic heterocycles. The summed E-state index contributed by atoms with van der Waals surface area (Å²) in [6.45, 7) is 6.50. The maximum atomic E-state index is 5.94. The van der Waals surface area contributed by atoms with Crippen molar-refractivity contribution in [2.75, 3.05) is 18.0 Å². The molecule has 7 nitrogen and oxygen atoms in total. The average Bonchev–Trinajstić information content (AvgIpc) is 2.98. The largest absolute Gasteiger partial charge is 0.370 e. The van der Waals surface area contributed by atoms with E-state index >= 15 is 0 Å². The number of piperidine rings is 1. The molecule has 4 rings (SSSR count). The molecular formula is C14H18N6O. The maximum Gasteiger partial charge on any atom is 0.135 e. The summed E-state index contributed by atoms with van der Waals surface area (Å²) in [5.74, 6) is 1.02. The molecule has 2 atom stereocenters. The van der Waals surface area contributed by atoms with Gasteiger partial charge in [-0.2, -0.15) is 0 Å². The van der Waals surface area contributed by atoms with E-state index < -0.39 is 0 Å². The van der Waals surface area contributed by atoms with Gasteiger partial charge in [-0.25, -0.2) is 14.6 Å². The number of fused-ring (bicyclic) bond motifs is 3. The Balaban J connectivity index is 1.66. The van der Waals surface area contributed by atoms with E-state index in [0.717, 1.165) is 42.3 Å². The Morgan fingerprint density at radius 3 is 3.10 bits per heavy atom. The van der Waals surface area contributed by atoms with Gasteiger partial charge in [0.25, 0.3) is 0 Å². The van der Waals surface area contributed by atoms with E-state index in [1.54, 1.807) is 12.5 Å². The molecule has 0 bridgehead atoms. The molecule has 7 heteroatoms. The minimum atomic E-state index is 0.208. The van der Waals surface area contributed by atoms with Crippen LogP contribution in [0.15, 0.2) is 12.5 Å². The fourth-order valence-corrected chi connectivity index (χ4v) is 3.22. The number of aromatic nitrogens is 5. The predicted molar refractivity (Wildman–Crippen MR) is 76.0 cm³/mol. The molecule has 2 aliphatic rings. The van der Waals surface area contributed by atoms with E-state index in [4.69, 9.17) is 4.74 Å². The third kappa shape index (κ3) is 1.99. The lowest BCUT2D eigenvalue weighted by molar-refractivity contribution is -0.0373. The highest BCUT2D eigenvalue weighted by molar-refractivity contribution is 5.48. The first-order valence-corrected chi connectivity index (χ1v) is 7.28. The molecule has 2 aliphatic heterocycles. The number of anilines is 1. The standard InChI is InChI=1S/C14H18N6O/c1-9-10(2)15-8-16-14(9)19-4-3-13-12(6-19)20-11(7-21-13)5-17-18-20/h5,8,12-13H,3-4,6-7H2,1-2H3/t12-,13-/m1/s1. The third-order valence-electron chi connectivity index (χ3n) is 4.54. The van der Waals surface area contributed by atoms with Crippen LogP contribution in [0.1, 0.15) is 29.4 Å². The monoisotopic (exact) mass is 286 g/mol. The molecule has 110 valence electrons. The number of hydrogen-bond donors (Lipinski definition) is 0. The van der Waals surface area contributed by atoms with Crippen LogP contribution in [-0.4, -0.2) is 44.2 Å². The van der Waals surface area contributed by atoms with Gasteiger partial charge in [-0.05, 0) is 20.3 Å². The van der Waals surface area contributed by atoms with Crippen LogP contribution in [0.4, 0.5) is 5.82 Å². The second-order valence-corrected chi connectivity index (χ2v) is 5.73. The molecule has 1 saturated heterocycles. The summed E-state index contributed by atoms with van der Waals surface area (Å²) in [5, 5.41) is 8.25. The minimum Gasteiger partial charge on any atom is -0.370 e. The summed E-state index contributed by atoms with van der Waals surface area (Å²) in [6.07, 6.45) is 4.63. The molecule has 4 heterocycles. The van der Waals surface area contributed by atoms with Gasteiger partial charge in [0.05, 0.1) is 30.6 Å². The number of ether oxygens (including phenoxy) is 1. The van der Waals surface area contributed by atoms with Gasteiger partial charge in [-0.15, -0.1) is 5.10 Å². The van der Waals surface area contributed by atoms with Crippen molar-refractivity contribution in [2.24, 2.45) is 0 Å². The molecular weight excluding hydrogens is 268 g/mol. The van der Waals surface area contributed by atoms with Crippen molar-refractivity contribution in [2.45, 2.75) is 39.0 Å². The van der Waals surface area contributed by atoms with E-state index in [0.29, 0.717) is 6.61 Å². The summed E-state index contributed by atoms with van der Waals surface area (Å²) >= 11 is 0. The van der Waals surface area contributed by atoms with Gasteiger partial charge in [-0.1, -0.05) is 5.21 Å². The fourth-order valence-electron chi connectivity index (χ4n) is 3.22. The number of rotatable bonds is 1. The summed E-state index contributed by atoms with van der Waals surface area (Å²) < 4.78 is 7.96. The van der Waals surface area contributed by atoms with Crippen molar-refractivity contribution in [3.8, 4) is 0 Å². The molecule has 0 aromatic carbocycles. The smallest absolute Gasteiger partial charge is 0.135 e. The van der Waals surface area contributed by atoms with Crippen molar-refractivity contribution >= 4 is 5.82 Å². The van der Waals surface area contributed by atoms with Crippen molar-refractivity contribution in [1.29, 1.82) is 0 Å². The van der Waals surface area contributed by atoms with E-state index in [2.05, 4.69) is 32.1 Å².